The number of esters is 2. The molecule has 1 saturated heterocycles. The van der Waals surface area contributed by atoms with E-state index in [4.69, 9.17) is 9.47 Å². The molecule has 1 rings (SSSR count). The first-order chi connectivity index (χ1) is 13.2. The summed E-state index contributed by atoms with van der Waals surface area (Å²) in [7, 11) is 0. The molecule has 0 spiro atoms. The van der Waals surface area contributed by atoms with Crippen molar-refractivity contribution >= 4 is 11.9 Å². The Morgan fingerprint density at radius 2 is 1.66 bits per heavy atom. The average molecular weight is 411 g/mol. The van der Waals surface area contributed by atoms with Crippen molar-refractivity contribution in [2.75, 3.05) is 13.2 Å². The largest absolute Gasteiger partial charge is 0.461 e. The van der Waals surface area contributed by atoms with E-state index in [-0.39, 0.29) is 12.6 Å². The lowest BCUT2D eigenvalue weighted by atomic mass is 9.71. The zero-order valence-electron chi connectivity index (χ0n) is 19.9. The molecule has 1 aliphatic rings. The highest BCUT2D eigenvalue weighted by Crippen LogP contribution is 2.48. The zero-order valence-corrected chi connectivity index (χ0v) is 19.9. The van der Waals surface area contributed by atoms with Crippen LogP contribution in [-0.4, -0.2) is 35.9 Å². The summed E-state index contributed by atoms with van der Waals surface area (Å²) >= 11 is 0. The molecular weight excluding hydrogens is 368 g/mol. The van der Waals surface area contributed by atoms with E-state index in [1.165, 1.54) is 0 Å². The van der Waals surface area contributed by atoms with Gasteiger partial charge in [-0.3, -0.25) is 4.79 Å². The Hall–Kier alpha value is -1.36. The predicted octanol–water partition coefficient (Wildman–Crippen LogP) is 4.91. The zero-order chi connectivity index (χ0) is 22.6. The van der Waals surface area contributed by atoms with Gasteiger partial charge in [-0.15, -0.1) is 0 Å². The van der Waals surface area contributed by atoms with Crippen molar-refractivity contribution in [1.29, 1.82) is 0 Å². The molecule has 0 amide bonds. The van der Waals surface area contributed by atoms with Crippen LogP contribution in [0.3, 0.4) is 0 Å². The van der Waals surface area contributed by atoms with Crippen molar-refractivity contribution in [2.45, 2.75) is 87.2 Å². The molecule has 1 aliphatic heterocycles. The minimum absolute atomic E-state index is 0.156. The van der Waals surface area contributed by atoms with Gasteiger partial charge in [0.2, 0.25) is 0 Å². The van der Waals surface area contributed by atoms with Crippen LogP contribution >= 0.6 is 0 Å². The molecule has 0 aliphatic carbocycles. The van der Waals surface area contributed by atoms with Gasteiger partial charge in [0.1, 0.15) is 6.61 Å². The summed E-state index contributed by atoms with van der Waals surface area (Å²) in [4.78, 5) is 24.9. The lowest BCUT2D eigenvalue weighted by molar-refractivity contribution is -0.179. The van der Waals surface area contributed by atoms with E-state index in [2.05, 4.69) is 27.7 Å². The highest BCUT2D eigenvalue weighted by Gasteiger charge is 2.59. The molecule has 0 aromatic heterocycles. The molecule has 29 heavy (non-hydrogen) atoms. The fourth-order valence-corrected chi connectivity index (χ4v) is 3.99. The third kappa shape index (κ3) is 6.31. The number of carbonyl (C=O) groups excluding carboxylic acids is 2. The van der Waals surface area contributed by atoms with Crippen molar-refractivity contribution in [3.8, 4) is 0 Å². The van der Waals surface area contributed by atoms with Gasteiger partial charge in [0.05, 0.1) is 12.0 Å². The molecule has 0 saturated carbocycles. The topological polar surface area (TPSA) is 72.8 Å². The maximum atomic E-state index is 12.7. The molecule has 1 unspecified atom stereocenters. The van der Waals surface area contributed by atoms with Crippen LogP contribution < -0.4 is 0 Å². The number of hydrogen-bond acceptors (Lipinski definition) is 5. The number of carbonyl (C=O) groups is 2. The van der Waals surface area contributed by atoms with Crippen molar-refractivity contribution in [1.82, 2.24) is 0 Å². The maximum Gasteiger partial charge on any atom is 0.335 e. The van der Waals surface area contributed by atoms with Crippen LogP contribution in [0.15, 0.2) is 11.6 Å². The number of allylic oxidation sites excluding steroid dienone is 1. The molecule has 0 bridgehead atoms. The summed E-state index contributed by atoms with van der Waals surface area (Å²) in [6, 6.07) is 0. The first kappa shape index (κ1) is 25.7. The first-order valence-corrected chi connectivity index (χ1v) is 10.9. The van der Waals surface area contributed by atoms with Crippen LogP contribution in [0, 0.1) is 28.6 Å². The van der Waals surface area contributed by atoms with E-state index in [0.29, 0.717) is 23.3 Å². The molecule has 5 heteroatoms. The molecule has 168 valence electrons. The normalized spacial score (nSPS) is 23.3. The Morgan fingerprint density at radius 1 is 1.14 bits per heavy atom. The molecule has 5 nitrogen and oxygen atoms in total. The number of cyclic esters (lactones) is 1. The monoisotopic (exact) mass is 410 g/mol. The van der Waals surface area contributed by atoms with E-state index < -0.39 is 29.0 Å². The second-order valence-electron chi connectivity index (χ2n) is 11.0. The maximum absolute atomic E-state index is 12.7. The molecule has 1 heterocycles. The Kier molecular flexibility index (Phi) is 8.53. The third-order valence-corrected chi connectivity index (χ3v) is 5.89. The van der Waals surface area contributed by atoms with Crippen molar-refractivity contribution < 1.29 is 24.2 Å². The standard InChI is InChI=1S/C24H42O5/c1-16(2)12-18(13-17(3)4)10-11-19-20(26)29-24(14-25,23(19,8)9)15-28-21(27)22(5,6)7/h11,16-18,25H,10,12-15H2,1-9H3/b19-11+. The number of aliphatic hydroxyl groups is 1. The van der Waals surface area contributed by atoms with Crippen LogP contribution in [-0.2, 0) is 19.1 Å². The fourth-order valence-electron chi connectivity index (χ4n) is 3.99. The highest BCUT2D eigenvalue weighted by molar-refractivity contribution is 5.93. The predicted molar refractivity (Wildman–Crippen MR) is 115 cm³/mol. The smallest absolute Gasteiger partial charge is 0.335 e. The van der Waals surface area contributed by atoms with E-state index in [1.807, 2.05) is 19.9 Å². The first-order valence-electron chi connectivity index (χ1n) is 10.9. The van der Waals surface area contributed by atoms with Crippen LogP contribution in [0.25, 0.3) is 0 Å². The summed E-state index contributed by atoms with van der Waals surface area (Å²) < 4.78 is 11.1. The highest BCUT2D eigenvalue weighted by atomic mass is 16.6. The Balaban J connectivity index is 3.07. The fraction of sp³-hybridized carbons (Fsp3) is 0.833. The molecule has 0 aromatic rings. The van der Waals surface area contributed by atoms with Crippen LogP contribution in [0.2, 0.25) is 0 Å². The molecule has 0 radical (unpaired) electrons. The summed E-state index contributed by atoms with van der Waals surface area (Å²) in [6.07, 6.45) is 4.99. The van der Waals surface area contributed by atoms with Gasteiger partial charge in [-0.25, -0.2) is 4.79 Å². The summed E-state index contributed by atoms with van der Waals surface area (Å²) in [5, 5.41) is 10.1. The third-order valence-electron chi connectivity index (χ3n) is 5.89. The van der Waals surface area contributed by atoms with E-state index in [9.17, 15) is 14.7 Å². The van der Waals surface area contributed by atoms with Crippen LogP contribution in [0.5, 0.6) is 0 Å². The van der Waals surface area contributed by atoms with Crippen molar-refractivity contribution in [3.63, 3.8) is 0 Å². The number of hydrogen-bond donors (Lipinski definition) is 1. The second kappa shape index (κ2) is 9.63. The van der Waals surface area contributed by atoms with Gasteiger partial charge in [-0.1, -0.05) is 47.6 Å². The van der Waals surface area contributed by atoms with Gasteiger partial charge in [-0.2, -0.15) is 0 Å². The molecule has 0 aromatic carbocycles. The lowest BCUT2D eigenvalue weighted by Crippen LogP contribution is -2.50. The lowest BCUT2D eigenvalue weighted by Gasteiger charge is -2.37. The molecule has 1 fully saturated rings. The van der Waals surface area contributed by atoms with E-state index in [1.54, 1.807) is 20.8 Å². The minimum Gasteiger partial charge on any atom is -0.461 e. The van der Waals surface area contributed by atoms with E-state index >= 15 is 0 Å². The average Bonchev–Trinajstić information content (AvgIpc) is 2.74. The second-order valence-corrected chi connectivity index (χ2v) is 11.0. The summed E-state index contributed by atoms with van der Waals surface area (Å²) in [5.74, 6) is 0.865. The van der Waals surface area contributed by atoms with Crippen LogP contribution in [0.1, 0.15) is 81.6 Å². The minimum atomic E-state index is -1.26. The Morgan fingerprint density at radius 3 is 2.07 bits per heavy atom. The quantitative estimate of drug-likeness (QED) is 0.432. The molecule has 1 N–H and O–H groups in total. The van der Waals surface area contributed by atoms with Crippen molar-refractivity contribution in [2.24, 2.45) is 28.6 Å². The van der Waals surface area contributed by atoms with Gasteiger partial charge in [0.15, 0.2) is 5.60 Å². The van der Waals surface area contributed by atoms with Crippen molar-refractivity contribution in [3.05, 3.63) is 11.6 Å². The molecule has 1 atom stereocenters. The Bertz CT molecular complexity index is 599. The van der Waals surface area contributed by atoms with Gasteiger partial charge in [0, 0.05) is 11.0 Å². The molecular formula is C24H42O5. The van der Waals surface area contributed by atoms with Gasteiger partial charge >= 0.3 is 11.9 Å². The number of ether oxygens (including phenoxy) is 2. The number of aliphatic hydroxyl groups excluding tert-OH is 1. The van der Waals surface area contributed by atoms with Gasteiger partial charge in [-0.05, 0) is 57.8 Å². The Labute approximate surface area is 177 Å². The van der Waals surface area contributed by atoms with Gasteiger partial charge in [0.25, 0.3) is 0 Å². The van der Waals surface area contributed by atoms with E-state index in [0.717, 1.165) is 19.3 Å². The summed E-state index contributed by atoms with van der Waals surface area (Å²) in [6.45, 7) is 17.4. The summed E-state index contributed by atoms with van der Waals surface area (Å²) in [5.41, 5.74) is -2.13. The van der Waals surface area contributed by atoms with Gasteiger partial charge < -0.3 is 14.6 Å². The SMILES string of the molecule is CC(C)CC(C/C=C1\C(=O)OC(CO)(COC(=O)C(C)(C)C)C1(C)C)CC(C)C. The van der Waals surface area contributed by atoms with Crippen LogP contribution in [0.4, 0.5) is 0 Å². The number of rotatable bonds is 9.